The van der Waals surface area contributed by atoms with Crippen LogP contribution >= 0.6 is 0 Å². The van der Waals surface area contributed by atoms with Crippen molar-refractivity contribution in [2.45, 2.75) is 0 Å². The molecular weight excluding hydrogens is 655 g/mol. The molecule has 2 heteroatoms. The minimum absolute atomic E-state index is 0.891. The third-order valence-corrected chi connectivity index (χ3v) is 10.5. The van der Waals surface area contributed by atoms with E-state index in [-0.39, 0.29) is 0 Å². The zero-order valence-corrected chi connectivity index (χ0v) is 29.6. The molecule has 0 radical (unpaired) electrons. The lowest BCUT2D eigenvalue weighted by molar-refractivity contribution is 0.669. The van der Waals surface area contributed by atoms with Crippen LogP contribution in [0.4, 0.5) is 17.1 Å². The summed E-state index contributed by atoms with van der Waals surface area (Å²) in [6, 6.07) is 76.0. The summed E-state index contributed by atoms with van der Waals surface area (Å²) in [4.78, 5) is 2.42. The van der Waals surface area contributed by atoms with E-state index in [1.165, 1.54) is 33.0 Å². The van der Waals surface area contributed by atoms with E-state index in [4.69, 9.17) is 4.42 Å². The Morgan fingerprint density at radius 1 is 0.296 bits per heavy atom. The van der Waals surface area contributed by atoms with Crippen LogP contribution in [0, 0.1) is 0 Å². The van der Waals surface area contributed by atoms with Gasteiger partial charge in [-0.25, -0.2) is 0 Å². The van der Waals surface area contributed by atoms with Gasteiger partial charge in [0.2, 0.25) is 0 Å². The Labute approximate surface area is 314 Å². The molecule has 254 valence electrons. The van der Waals surface area contributed by atoms with Gasteiger partial charge in [-0.2, -0.15) is 0 Å². The standard InChI is InChI=1S/C52H35NO/c1-2-13-36(14-3-1)37-25-27-40(28-26-37)45-18-6-9-22-49(45)53(42-32-29-39(30-33-42)44-21-12-16-38-15-4-5-17-43(38)44)50-23-10-7-19-46(50)41-31-34-52-48(35-41)47-20-8-11-24-51(47)54-52/h1-35H. The summed E-state index contributed by atoms with van der Waals surface area (Å²) in [5, 5.41) is 4.73. The molecule has 0 atom stereocenters. The van der Waals surface area contributed by atoms with Gasteiger partial charge in [0.15, 0.2) is 0 Å². The molecule has 10 aromatic rings. The molecule has 9 aromatic carbocycles. The highest BCUT2D eigenvalue weighted by atomic mass is 16.3. The first-order chi connectivity index (χ1) is 26.8. The molecule has 1 heterocycles. The van der Waals surface area contributed by atoms with Crippen molar-refractivity contribution < 1.29 is 4.42 Å². The monoisotopic (exact) mass is 689 g/mol. The lowest BCUT2D eigenvalue weighted by Crippen LogP contribution is -2.12. The largest absolute Gasteiger partial charge is 0.456 e. The Morgan fingerprint density at radius 2 is 0.796 bits per heavy atom. The summed E-state index contributed by atoms with van der Waals surface area (Å²) in [5.41, 5.74) is 14.5. The van der Waals surface area contributed by atoms with E-state index in [1.54, 1.807) is 0 Å². The second-order valence-electron chi connectivity index (χ2n) is 13.7. The summed E-state index contributed by atoms with van der Waals surface area (Å²) in [5.74, 6) is 0. The SMILES string of the molecule is c1ccc(-c2ccc(-c3ccccc3N(c3ccc(-c4cccc5ccccc45)cc3)c3ccccc3-c3ccc4oc5ccccc5c4c3)cc2)cc1. The van der Waals surface area contributed by atoms with Crippen molar-refractivity contribution in [2.24, 2.45) is 0 Å². The second-order valence-corrected chi connectivity index (χ2v) is 13.7. The van der Waals surface area contributed by atoms with Crippen LogP contribution in [-0.2, 0) is 0 Å². The Hall–Kier alpha value is -7.16. The quantitative estimate of drug-likeness (QED) is 0.166. The minimum atomic E-state index is 0.891. The van der Waals surface area contributed by atoms with E-state index in [0.29, 0.717) is 0 Å². The Morgan fingerprint density at radius 3 is 1.57 bits per heavy atom. The molecule has 0 bridgehead atoms. The highest BCUT2D eigenvalue weighted by molar-refractivity contribution is 6.07. The van der Waals surface area contributed by atoms with Crippen LogP contribution < -0.4 is 4.90 Å². The molecule has 0 saturated carbocycles. The average molecular weight is 690 g/mol. The van der Waals surface area contributed by atoms with Gasteiger partial charge in [0, 0.05) is 27.6 Å². The van der Waals surface area contributed by atoms with Crippen LogP contribution in [0.15, 0.2) is 217 Å². The molecular formula is C52H35NO. The zero-order valence-electron chi connectivity index (χ0n) is 29.6. The topological polar surface area (TPSA) is 16.4 Å². The number of fused-ring (bicyclic) bond motifs is 4. The molecule has 0 aliphatic carbocycles. The van der Waals surface area contributed by atoms with Crippen LogP contribution in [0.3, 0.4) is 0 Å². The van der Waals surface area contributed by atoms with Crippen molar-refractivity contribution in [3.8, 4) is 44.5 Å². The van der Waals surface area contributed by atoms with Gasteiger partial charge in [-0.3, -0.25) is 0 Å². The number of anilines is 3. The summed E-state index contributed by atoms with van der Waals surface area (Å²) in [7, 11) is 0. The van der Waals surface area contributed by atoms with Crippen molar-refractivity contribution in [1.82, 2.24) is 0 Å². The van der Waals surface area contributed by atoms with Gasteiger partial charge < -0.3 is 9.32 Å². The van der Waals surface area contributed by atoms with E-state index >= 15 is 0 Å². The van der Waals surface area contributed by atoms with Crippen molar-refractivity contribution in [1.29, 1.82) is 0 Å². The molecule has 1 aromatic heterocycles. The van der Waals surface area contributed by atoms with Gasteiger partial charge >= 0.3 is 0 Å². The molecule has 0 aliphatic rings. The molecule has 0 unspecified atom stereocenters. The fraction of sp³-hybridized carbons (Fsp3) is 0. The average Bonchev–Trinajstić information content (AvgIpc) is 3.63. The molecule has 54 heavy (non-hydrogen) atoms. The van der Waals surface area contributed by atoms with Gasteiger partial charge in [0.1, 0.15) is 11.2 Å². The van der Waals surface area contributed by atoms with Gasteiger partial charge in [-0.05, 0) is 86.6 Å². The first kappa shape index (κ1) is 31.6. The highest BCUT2D eigenvalue weighted by Gasteiger charge is 2.21. The fourth-order valence-corrected chi connectivity index (χ4v) is 7.87. The van der Waals surface area contributed by atoms with E-state index in [0.717, 1.165) is 61.3 Å². The predicted octanol–water partition coefficient (Wildman–Crippen LogP) is 14.9. The number of rotatable bonds is 7. The first-order valence-corrected chi connectivity index (χ1v) is 18.4. The summed E-state index contributed by atoms with van der Waals surface area (Å²) in [6.45, 7) is 0. The van der Waals surface area contributed by atoms with Crippen LogP contribution in [-0.4, -0.2) is 0 Å². The van der Waals surface area contributed by atoms with E-state index in [9.17, 15) is 0 Å². The first-order valence-electron chi connectivity index (χ1n) is 18.4. The number of hydrogen-bond donors (Lipinski definition) is 0. The highest BCUT2D eigenvalue weighted by Crippen LogP contribution is 2.46. The molecule has 0 aliphatic heterocycles. The third-order valence-electron chi connectivity index (χ3n) is 10.5. The Balaban J connectivity index is 1.15. The van der Waals surface area contributed by atoms with E-state index < -0.39 is 0 Å². The molecule has 0 amide bonds. The predicted molar refractivity (Wildman–Crippen MR) is 228 cm³/mol. The van der Waals surface area contributed by atoms with Crippen LogP contribution in [0.25, 0.3) is 77.2 Å². The molecule has 10 rings (SSSR count). The van der Waals surface area contributed by atoms with Crippen molar-refractivity contribution in [3.63, 3.8) is 0 Å². The van der Waals surface area contributed by atoms with E-state index in [1.807, 2.05) is 12.1 Å². The maximum atomic E-state index is 6.22. The van der Waals surface area contributed by atoms with Gasteiger partial charge in [0.25, 0.3) is 0 Å². The van der Waals surface area contributed by atoms with Gasteiger partial charge in [-0.15, -0.1) is 0 Å². The molecule has 0 N–H and O–H groups in total. The number of furan rings is 1. The number of para-hydroxylation sites is 3. The van der Waals surface area contributed by atoms with E-state index in [2.05, 4.69) is 205 Å². The molecule has 2 nitrogen and oxygen atoms in total. The fourth-order valence-electron chi connectivity index (χ4n) is 7.87. The molecule has 0 saturated heterocycles. The number of nitrogens with zero attached hydrogens (tertiary/aromatic N) is 1. The maximum absolute atomic E-state index is 6.22. The Bertz CT molecular complexity index is 2920. The lowest BCUT2D eigenvalue weighted by atomic mass is 9.96. The number of hydrogen-bond acceptors (Lipinski definition) is 2. The Kier molecular flexibility index (Phi) is 7.85. The smallest absolute Gasteiger partial charge is 0.135 e. The van der Waals surface area contributed by atoms with Crippen molar-refractivity contribution in [3.05, 3.63) is 212 Å². The zero-order chi connectivity index (χ0) is 35.8. The van der Waals surface area contributed by atoms with Crippen LogP contribution in [0.1, 0.15) is 0 Å². The molecule has 0 spiro atoms. The summed E-state index contributed by atoms with van der Waals surface area (Å²) in [6.07, 6.45) is 0. The third kappa shape index (κ3) is 5.62. The number of benzene rings is 9. The van der Waals surface area contributed by atoms with Crippen molar-refractivity contribution >= 4 is 49.8 Å². The van der Waals surface area contributed by atoms with Crippen LogP contribution in [0.2, 0.25) is 0 Å². The summed E-state index contributed by atoms with van der Waals surface area (Å²) >= 11 is 0. The van der Waals surface area contributed by atoms with Gasteiger partial charge in [-0.1, -0.05) is 170 Å². The van der Waals surface area contributed by atoms with Crippen molar-refractivity contribution in [2.75, 3.05) is 4.90 Å². The minimum Gasteiger partial charge on any atom is -0.456 e. The molecule has 0 fully saturated rings. The van der Waals surface area contributed by atoms with Crippen LogP contribution in [0.5, 0.6) is 0 Å². The summed E-state index contributed by atoms with van der Waals surface area (Å²) < 4.78 is 6.22. The normalized spacial score (nSPS) is 11.3. The van der Waals surface area contributed by atoms with Gasteiger partial charge in [0.05, 0.1) is 11.4 Å². The lowest BCUT2D eigenvalue weighted by Gasteiger charge is -2.30. The second kappa shape index (κ2) is 13.4. The maximum Gasteiger partial charge on any atom is 0.135 e.